The highest BCUT2D eigenvalue weighted by Crippen LogP contribution is 2.28. The first kappa shape index (κ1) is 10.3. The summed E-state index contributed by atoms with van der Waals surface area (Å²) in [6.45, 7) is 0. The molecule has 82 valence electrons. The van der Waals surface area contributed by atoms with E-state index in [1.807, 2.05) is 23.6 Å². The van der Waals surface area contributed by atoms with Gasteiger partial charge in [-0.05, 0) is 12.1 Å². The van der Waals surface area contributed by atoms with Gasteiger partial charge in [-0.15, -0.1) is 11.3 Å². The Morgan fingerprint density at radius 2 is 2.29 bits per heavy atom. The maximum absolute atomic E-state index is 9.08. The van der Waals surface area contributed by atoms with Gasteiger partial charge in [0.2, 0.25) is 0 Å². The number of imidazole rings is 1. The summed E-state index contributed by atoms with van der Waals surface area (Å²) in [5.74, 6) is 0. The Hall–Kier alpha value is -1.90. The monoisotopic (exact) mass is 260 g/mol. The van der Waals surface area contributed by atoms with Crippen LogP contribution in [0.3, 0.4) is 0 Å². The van der Waals surface area contributed by atoms with Crippen molar-refractivity contribution in [3.05, 3.63) is 40.6 Å². The highest BCUT2D eigenvalue weighted by Gasteiger charge is 2.16. The van der Waals surface area contributed by atoms with Gasteiger partial charge in [-0.2, -0.15) is 5.26 Å². The molecule has 0 aromatic carbocycles. The minimum Gasteiger partial charge on any atom is -0.271 e. The Kier molecular flexibility index (Phi) is 2.32. The van der Waals surface area contributed by atoms with Crippen LogP contribution in [0, 0.1) is 11.3 Å². The minimum atomic E-state index is 0.233. The van der Waals surface area contributed by atoms with E-state index < -0.39 is 0 Å². The topological polar surface area (TPSA) is 54.0 Å². The Balaban J connectivity index is 2.35. The molecule has 0 bridgehead atoms. The number of nitriles is 1. The van der Waals surface area contributed by atoms with Crippen molar-refractivity contribution in [2.24, 2.45) is 0 Å². The van der Waals surface area contributed by atoms with Gasteiger partial charge in [0, 0.05) is 11.6 Å². The van der Waals surface area contributed by atoms with Crippen LogP contribution in [0.25, 0.3) is 16.3 Å². The highest BCUT2D eigenvalue weighted by molar-refractivity contribution is 7.15. The van der Waals surface area contributed by atoms with Gasteiger partial charge in [0.25, 0.3) is 0 Å². The van der Waals surface area contributed by atoms with Crippen LogP contribution in [-0.2, 0) is 0 Å². The normalized spacial score (nSPS) is 10.6. The molecule has 17 heavy (non-hydrogen) atoms. The minimum absolute atomic E-state index is 0.233. The predicted molar refractivity (Wildman–Crippen MR) is 66.0 cm³/mol. The van der Waals surface area contributed by atoms with E-state index in [9.17, 15) is 0 Å². The van der Waals surface area contributed by atoms with Crippen LogP contribution in [0.4, 0.5) is 0 Å². The first-order chi connectivity index (χ1) is 8.31. The molecule has 0 aliphatic rings. The summed E-state index contributed by atoms with van der Waals surface area (Å²) in [7, 11) is 0. The Morgan fingerprint density at radius 1 is 1.41 bits per heavy atom. The SMILES string of the molecule is N#Cc1c(Cl)nc2scc(-c3ccccn3)n12. The zero-order valence-corrected chi connectivity index (χ0v) is 10.0. The van der Waals surface area contributed by atoms with Crippen molar-refractivity contribution in [1.82, 2.24) is 14.4 Å². The van der Waals surface area contributed by atoms with E-state index in [0.29, 0.717) is 10.7 Å². The number of pyridine rings is 1. The quantitative estimate of drug-likeness (QED) is 0.676. The van der Waals surface area contributed by atoms with Crippen molar-refractivity contribution in [2.75, 3.05) is 0 Å². The highest BCUT2D eigenvalue weighted by atomic mass is 35.5. The summed E-state index contributed by atoms with van der Waals surface area (Å²) >= 11 is 7.34. The van der Waals surface area contributed by atoms with Crippen molar-refractivity contribution in [2.45, 2.75) is 0 Å². The summed E-state index contributed by atoms with van der Waals surface area (Å²) < 4.78 is 1.73. The number of hydrogen-bond donors (Lipinski definition) is 0. The first-order valence-electron chi connectivity index (χ1n) is 4.78. The second-order valence-corrected chi connectivity index (χ2v) is 4.51. The summed E-state index contributed by atoms with van der Waals surface area (Å²) in [6, 6.07) is 7.69. The third-order valence-electron chi connectivity index (χ3n) is 2.35. The van der Waals surface area contributed by atoms with Crippen molar-refractivity contribution in [3.63, 3.8) is 0 Å². The van der Waals surface area contributed by atoms with Crippen LogP contribution in [0.2, 0.25) is 5.15 Å². The molecule has 0 N–H and O–H groups in total. The molecule has 0 spiro atoms. The van der Waals surface area contributed by atoms with Crippen LogP contribution < -0.4 is 0 Å². The molecule has 0 saturated heterocycles. The van der Waals surface area contributed by atoms with Crippen molar-refractivity contribution < 1.29 is 0 Å². The molecule has 3 heterocycles. The fraction of sp³-hybridized carbons (Fsp3) is 0. The third kappa shape index (κ3) is 1.50. The van der Waals surface area contributed by atoms with E-state index in [2.05, 4.69) is 16.0 Å². The molecule has 4 nitrogen and oxygen atoms in total. The predicted octanol–water partition coefficient (Wildman–Crippen LogP) is 2.98. The van der Waals surface area contributed by atoms with Crippen molar-refractivity contribution in [3.8, 4) is 17.5 Å². The number of thiazole rings is 1. The number of halogens is 1. The van der Waals surface area contributed by atoms with Gasteiger partial charge in [-0.1, -0.05) is 17.7 Å². The fourth-order valence-electron chi connectivity index (χ4n) is 1.62. The smallest absolute Gasteiger partial charge is 0.196 e. The second kappa shape index (κ2) is 3.84. The third-order valence-corrected chi connectivity index (χ3v) is 3.44. The van der Waals surface area contributed by atoms with Crippen molar-refractivity contribution in [1.29, 1.82) is 5.26 Å². The number of hydrogen-bond acceptors (Lipinski definition) is 4. The van der Waals surface area contributed by atoms with E-state index >= 15 is 0 Å². The number of nitrogens with zero attached hydrogens (tertiary/aromatic N) is 4. The zero-order chi connectivity index (χ0) is 11.8. The molecule has 0 saturated carbocycles. The molecule has 0 atom stereocenters. The fourth-order valence-corrected chi connectivity index (χ4v) is 2.76. The van der Waals surface area contributed by atoms with E-state index in [1.54, 1.807) is 10.6 Å². The first-order valence-corrected chi connectivity index (χ1v) is 6.04. The number of fused-ring (bicyclic) bond motifs is 1. The largest absolute Gasteiger partial charge is 0.271 e. The standard InChI is InChI=1S/C11H5ClN4S/c12-10-8(5-13)16-9(6-17-11(16)15-10)7-3-1-2-4-14-7/h1-4,6H. The molecular formula is C11H5ClN4S. The van der Waals surface area contributed by atoms with Gasteiger partial charge in [0.1, 0.15) is 6.07 Å². The van der Waals surface area contributed by atoms with E-state index in [4.69, 9.17) is 16.9 Å². The molecule has 0 aliphatic carbocycles. The number of rotatable bonds is 1. The van der Waals surface area contributed by atoms with Gasteiger partial charge in [0.15, 0.2) is 15.8 Å². The molecule has 0 amide bonds. The lowest BCUT2D eigenvalue weighted by Crippen LogP contribution is -1.91. The molecular weight excluding hydrogens is 256 g/mol. The van der Waals surface area contributed by atoms with Crippen molar-refractivity contribution >= 4 is 27.9 Å². The van der Waals surface area contributed by atoms with E-state index in [0.717, 1.165) is 11.4 Å². The average molecular weight is 261 g/mol. The van der Waals surface area contributed by atoms with Crippen LogP contribution in [0.15, 0.2) is 29.8 Å². The molecule has 3 rings (SSSR count). The second-order valence-electron chi connectivity index (χ2n) is 3.32. The lowest BCUT2D eigenvalue weighted by Gasteiger charge is -1.98. The van der Waals surface area contributed by atoms with Crippen LogP contribution in [0.5, 0.6) is 0 Å². The maximum Gasteiger partial charge on any atom is 0.196 e. The van der Waals surface area contributed by atoms with E-state index in [-0.39, 0.29) is 5.15 Å². The molecule has 0 aliphatic heterocycles. The average Bonchev–Trinajstić information content (AvgIpc) is 2.88. The summed E-state index contributed by atoms with van der Waals surface area (Å²) in [5, 5.41) is 11.2. The zero-order valence-electron chi connectivity index (χ0n) is 8.46. The van der Waals surface area contributed by atoms with Gasteiger partial charge < -0.3 is 0 Å². The Labute approximate surface area is 106 Å². The van der Waals surface area contributed by atoms with E-state index in [1.165, 1.54) is 11.3 Å². The van der Waals surface area contributed by atoms with Crippen LogP contribution in [-0.4, -0.2) is 14.4 Å². The lowest BCUT2D eigenvalue weighted by atomic mass is 10.3. The van der Waals surface area contributed by atoms with Gasteiger partial charge in [-0.25, -0.2) is 4.98 Å². The summed E-state index contributed by atoms with van der Waals surface area (Å²) in [6.07, 6.45) is 1.71. The maximum atomic E-state index is 9.08. The molecule has 3 aromatic heterocycles. The summed E-state index contributed by atoms with van der Waals surface area (Å²) in [4.78, 5) is 9.09. The molecule has 6 heteroatoms. The van der Waals surface area contributed by atoms with Gasteiger partial charge in [-0.3, -0.25) is 9.38 Å². The molecule has 0 radical (unpaired) electrons. The molecule has 0 unspecified atom stereocenters. The lowest BCUT2D eigenvalue weighted by molar-refractivity contribution is 1.16. The van der Waals surface area contributed by atoms with Gasteiger partial charge >= 0.3 is 0 Å². The molecule has 0 fully saturated rings. The molecule has 3 aromatic rings. The Bertz CT molecular complexity index is 723. The van der Waals surface area contributed by atoms with Crippen LogP contribution >= 0.6 is 22.9 Å². The van der Waals surface area contributed by atoms with Crippen LogP contribution in [0.1, 0.15) is 5.69 Å². The number of aromatic nitrogens is 3. The summed E-state index contributed by atoms with van der Waals surface area (Å²) in [5.41, 5.74) is 1.98. The Morgan fingerprint density at radius 3 is 3.00 bits per heavy atom. The van der Waals surface area contributed by atoms with Gasteiger partial charge in [0.05, 0.1) is 11.4 Å².